The molecule has 0 bridgehead atoms. The van der Waals surface area contributed by atoms with Crippen LogP contribution < -0.4 is 0 Å². The molecule has 5 nitrogen and oxygen atoms in total. The average Bonchev–Trinajstić information content (AvgIpc) is 2.83. The molecule has 8 heteroatoms. The van der Waals surface area contributed by atoms with Gasteiger partial charge in [-0.15, -0.1) is 9.39 Å². The number of hydrogen-bond acceptors (Lipinski definition) is 4. The summed E-state index contributed by atoms with van der Waals surface area (Å²) in [6.45, 7) is 3.90. The van der Waals surface area contributed by atoms with Crippen LogP contribution in [0.4, 0.5) is 0 Å². The van der Waals surface area contributed by atoms with E-state index in [-0.39, 0.29) is 11.7 Å². The maximum absolute atomic E-state index is 9.59. The standard InChI is InChI=1S/C18H19BClN3O2S/c1-11-5-7-13(8-6-11)26(3,4)23-10-12(2)15-14(9-18(19,24)25)21-17(20)22-16(15)23/h5-8,10,24-25H,3-4,9H2,1-2H3. The minimum atomic E-state index is -2.39. The molecule has 3 aromatic rings. The van der Waals surface area contributed by atoms with Crippen LogP contribution in [0.1, 0.15) is 16.8 Å². The number of nitrogens with zero attached hydrogens (tertiary/aromatic N) is 3. The molecule has 2 heterocycles. The Morgan fingerprint density at radius 1 is 1.19 bits per heavy atom. The van der Waals surface area contributed by atoms with Crippen LogP contribution in [0.15, 0.2) is 35.4 Å². The number of hydrogen-bond donors (Lipinski definition) is 2. The molecule has 0 atom stereocenters. The van der Waals surface area contributed by atoms with Crippen molar-refractivity contribution in [2.75, 3.05) is 0 Å². The SMILES string of the molecule is [B]C(O)(O)Cc1nc(Cl)nc2c1c(C)cn2S(=C)(=C)c1ccc(C)cc1. The molecule has 0 aliphatic rings. The quantitative estimate of drug-likeness (QED) is 0.312. The third kappa shape index (κ3) is 3.53. The van der Waals surface area contributed by atoms with Crippen molar-refractivity contribution in [2.24, 2.45) is 0 Å². The van der Waals surface area contributed by atoms with Crippen LogP contribution >= 0.6 is 21.0 Å². The lowest BCUT2D eigenvalue weighted by Gasteiger charge is -2.19. The second-order valence-corrected chi connectivity index (χ2v) is 9.37. The van der Waals surface area contributed by atoms with Crippen LogP contribution in [0, 0.1) is 13.8 Å². The molecule has 2 N–H and O–H groups in total. The first-order chi connectivity index (χ1) is 12.0. The lowest BCUT2D eigenvalue weighted by molar-refractivity contribution is -0.0837. The van der Waals surface area contributed by atoms with Gasteiger partial charge in [0, 0.05) is 22.9 Å². The molecule has 26 heavy (non-hydrogen) atoms. The monoisotopic (exact) mass is 387 g/mol. The molecule has 0 saturated heterocycles. The van der Waals surface area contributed by atoms with E-state index in [0.29, 0.717) is 16.7 Å². The van der Waals surface area contributed by atoms with Crippen molar-refractivity contribution in [3.05, 3.63) is 52.6 Å². The van der Waals surface area contributed by atoms with Crippen LogP contribution in [0.5, 0.6) is 0 Å². The van der Waals surface area contributed by atoms with Gasteiger partial charge in [-0.3, -0.25) is 3.97 Å². The first-order valence-corrected chi connectivity index (χ1v) is 10.1. The first-order valence-electron chi connectivity index (χ1n) is 7.83. The lowest BCUT2D eigenvalue weighted by atomic mass is 9.89. The highest BCUT2D eigenvalue weighted by Crippen LogP contribution is 2.39. The topological polar surface area (TPSA) is 71.2 Å². The second-order valence-electron chi connectivity index (χ2n) is 6.49. The van der Waals surface area contributed by atoms with Crippen molar-refractivity contribution in [3.8, 4) is 0 Å². The van der Waals surface area contributed by atoms with E-state index in [1.807, 2.05) is 48.3 Å². The van der Waals surface area contributed by atoms with Crippen molar-refractivity contribution in [1.82, 2.24) is 13.9 Å². The highest BCUT2D eigenvalue weighted by molar-refractivity contribution is 8.26. The summed E-state index contributed by atoms with van der Waals surface area (Å²) in [6.07, 6.45) is 1.61. The summed E-state index contributed by atoms with van der Waals surface area (Å²) in [5.74, 6) is 8.69. The van der Waals surface area contributed by atoms with E-state index in [1.165, 1.54) is 0 Å². The van der Waals surface area contributed by atoms with E-state index in [1.54, 1.807) is 0 Å². The Hall–Kier alpha value is -1.80. The summed E-state index contributed by atoms with van der Waals surface area (Å²) in [7, 11) is 3.41. The van der Waals surface area contributed by atoms with Gasteiger partial charge in [-0.05, 0) is 43.1 Å². The molecule has 2 aromatic heterocycles. The van der Waals surface area contributed by atoms with Crippen LogP contribution in [0.3, 0.4) is 0 Å². The molecule has 0 unspecified atom stereocenters. The molecule has 0 fully saturated rings. The Bertz CT molecular complexity index is 1080. The zero-order chi connectivity index (χ0) is 19.3. The largest absolute Gasteiger partial charge is 0.375 e. The van der Waals surface area contributed by atoms with Gasteiger partial charge in [-0.2, -0.15) is 4.98 Å². The van der Waals surface area contributed by atoms with E-state index >= 15 is 0 Å². The Kier molecular flexibility index (Phi) is 4.69. The van der Waals surface area contributed by atoms with Gasteiger partial charge in [0.15, 0.2) is 13.5 Å². The number of aliphatic hydroxyl groups is 2. The summed E-state index contributed by atoms with van der Waals surface area (Å²) >= 11 is 6.08. The highest BCUT2D eigenvalue weighted by Gasteiger charge is 2.23. The van der Waals surface area contributed by atoms with Gasteiger partial charge < -0.3 is 10.2 Å². The Balaban J connectivity index is 2.27. The van der Waals surface area contributed by atoms with Crippen LogP contribution in [-0.4, -0.2) is 49.4 Å². The van der Waals surface area contributed by atoms with Crippen molar-refractivity contribution < 1.29 is 10.2 Å². The predicted molar refractivity (Wildman–Crippen MR) is 111 cm³/mol. The number of fused-ring (bicyclic) bond motifs is 1. The number of aromatic nitrogens is 3. The summed E-state index contributed by atoms with van der Waals surface area (Å²) in [5.41, 5.74) is 0.516. The third-order valence-electron chi connectivity index (χ3n) is 4.12. The minimum absolute atomic E-state index is 0.00444. The summed E-state index contributed by atoms with van der Waals surface area (Å²) < 4.78 is 1.90. The van der Waals surface area contributed by atoms with Crippen molar-refractivity contribution in [1.29, 1.82) is 0 Å². The highest BCUT2D eigenvalue weighted by atomic mass is 35.5. The fraction of sp³-hybridized carbons (Fsp3) is 0.222. The molecule has 134 valence electrons. The predicted octanol–water partition coefficient (Wildman–Crippen LogP) is 2.54. The fourth-order valence-electron chi connectivity index (χ4n) is 2.88. The number of aryl methyl sites for hydroxylation is 2. The maximum atomic E-state index is 9.59. The molecule has 2 radical (unpaired) electrons. The maximum Gasteiger partial charge on any atom is 0.224 e. The first kappa shape index (κ1) is 19.0. The van der Waals surface area contributed by atoms with Gasteiger partial charge >= 0.3 is 0 Å². The van der Waals surface area contributed by atoms with Crippen molar-refractivity contribution in [2.45, 2.75) is 30.9 Å². The molecular weight excluding hydrogens is 369 g/mol. The van der Waals surface area contributed by atoms with Crippen LogP contribution in [0.25, 0.3) is 11.0 Å². The molecule has 0 aliphatic carbocycles. The van der Waals surface area contributed by atoms with E-state index in [0.717, 1.165) is 16.0 Å². The zero-order valence-electron chi connectivity index (χ0n) is 14.6. The zero-order valence-corrected chi connectivity index (χ0v) is 16.2. The van der Waals surface area contributed by atoms with E-state index < -0.39 is 15.1 Å². The smallest absolute Gasteiger partial charge is 0.224 e. The van der Waals surface area contributed by atoms with E-state index in [2.05, 4.69) is 21.7 Å². The van der Waals surface area contributed by atoms with Gasteiger partial charge in [0.2, 0.25) is 5.28 Å². The van der Waals surface area contributed by atoms with Gasteiger partial charge in [0.1, 0.15) is 5.69 Å². The molecule has 0 amide bonds. The molecule has 0 aliphatic heterocycles. The summed E-state index contributed by atoms with van der Waals surface area (Å²) in [6, 6.07) is 8.03. The fourth-order valence-corrected chi connectivity index (χ4v) is 4.75. The molecule has 0 spiro atoms. The van der Waals surface area contributed by atoms with Crippen LogP contribution in [0.2, 0.25) is 5.28 Å². The minimum Gasteiger partial charge on any atom is -0.375 e. The number of rotatable bonds is 4. The average molecular weight is 388 g/mol. The van der Waals surface area contributed by atoms with Gasteiger partial charge in [0.25, 0.3) is 0 Å². The molecule has 1 aromatic carbocycles. The Morgan fingerprint density at radius 2 is 1.81 bits per heavy atom. The third-order valence-corrected chi connectivity index (χ3v) is 6.47. The number of halogens is 1. The Labute approximate surface area is 159 Å². The summed E-state index contributed by atoms with van der Waals surface area (Å²) in [4.78, 5) is 9.47. The lowest BCUT2D eigenvalue weighted by Crippen LogP contribution is -2.31. The second kappa shape index (κ2) is 6.42. The number of benzene rings is 1. The van der Waals surface area contributed by atoms with Gasteiger partial charge in [-0.25, -0.2) is 4.98 Å². The Morgan fingerprint density at radius 3 is 2.38 bits per heavy atom. The normalized spacial score (nSPS) is 12.7. The van der Waals surface area contributed by atoms with E-state index in [9.17, 15) is 10.2 Å². The molecule has 3 rings (SSSR count). The summed E-state index contributed by atoms with van der Waals surface area (Å²) in [5, 5.41) is 19.8. The van der Waals surface area contributed by atoms with Crippen LogP contribution in [-0.2, 0) is 6.42 Å². The van der Waals surface area contributed by atoms with Gasteiger partial charge in [-0.1, -0.05) is 29.4 Å². The molecule has 0 saturated carbocycles. The van der Waals surface area contributed by atoms with Crippen molar-refractivity contribution in [3.63, 3.8) is 0 Å². The van der Waals surface area contributed by atoms with Crippen molar-refractivity contribution >= 4 is 51.6 Å². The van der Waals surface area contributed by atoms with Gasteiger partial charge in [0.05, 0.1) is 5.69 Å². The molecular formula is C18H19BClN3O2S. The van der Waals surface area contributed by atoms with E-state index in [4.69, 9.17) is 19.4 Å².